The van der Waals surface area contributed by atoms with Crippen LogP contribution in [-0.4, -0.2) is 69.8 Å². The predicted molar refractivity (Wildman–Crippen MR) is 132 cm³/mol. The SMILES string of the molecule is C=CCN1C[C@H](C(=O)N(CSCC(C)=O)C(=O)NCC)CC2c3cccc4[nH]cc(c34)C[C@H]21. The molecule has 3 atom stereocenters. The summed E-state index contributed by atoms with van der Waals surface area (Å²) in [6, 6.07) is 6.25. The molecule has 0 radical (unpaired) electrons. The van der Waals surface area contributed by atoms with Crippen molar-refractivity contribution < 1.29 is 14.4 Å². The van der Waals surface area contributed by atoms with Crippen LogP contribution in [0.4, 0.5) is 4.79 Å². The first-order chi connectivity index (χ1) is 15.9. The van der Waals surface area contributed by atoms with Crippen LogP contribution in [0.3, 0.4) is 0 Å². The number of H-pyrrole nitrogens is 1. The van der Waals surface area contributed by atoms with Crippen LogP contribution >= 0.6 is 11.8 Å². The number of benzene rings is 1. The lowest BCUT2D eigenvalue weighted by atomic mass is 9.72. The van der Waals surface area contributed by atoms with Crippen LogP contribution in [0.5, 0.6) is 0 Å². The summed E-state index contributed by atoms with van der Waals surface area (Å²) in [5.41, 5.74) is 3.74. The van der Waals surface area contributed by atoms with E-state index in [1.165, 1.54) is 40.1 Å². The van der Waals surface area contributed by atoms with Crippen LogP contribution in [-0.2, 0) is 16.0 Å². The highest BCUT2D eigenvalue weighted by atomic mass is 32.2. The maximum Gasteiger partial charge on any atom is 0.324 e. The topological polar surface area (TPSA) is 85.5 Å². The van der Waals surface area contributed by atoms with Crippen molar-refractivity contribution in [2.45, 2.75) is 38.6 Å². The van der Waals surface area contributed by atoms with Crippen molar-refractivity contribution in [3.8, 4) is 0 Å². The van der Waals surface area contributed by atoms with E-state index in [1.807, 2.05) is 13.0 Å². The number of amides is 3. The molecule has 4 rings (SSSR count). The molecule has 1 aliphatic heterocycles. The number of rotatable bonds is 8. The Morgan fingerprint density at radius 2 is 2.18 bits per heavy atom. The Morgan fingerprint density at radius 3 is 2.91 bits per heavy atom. The lowest BCUT2D eigenvalue weighted by Crippen LogP contribution is -2.55. The highest BCUT2D eigenvalue weighted by Gasteiger charge is 2.44. The van der Waals surface area contributed by atoms with E-state index in [1.54, 1.807) is 0 Å². The van der Waals surface area contributed by atoms with E-state index in [0.29, 0.717) is 32.1 Å². The molecule has 0 saturated carbocycles. The molecule has 2 aliphatic rings. The van der Waals surface area contributed by atoms with Gasteiger partial charge in [-0.3, -0.25) is 19.4 Å². The van der Waals surface area contributed by atoms with Gasteiger partial charge >= 0.3 is 6.03 Å². The Kier molecular flexibility index (Phi) is 7.24. The van der Waals surface area contributed by atoms with Gasteiger partial charge in [0.2, 0.25) is 5.91 Å². The maximum absolute atomic E-state index is 13.7. The highest BCUT2D eigenvalue weighted by Crippen LogP contribution is 2.45. The van der Waals surface area contributed by atoms with Gasteiger partial charge in [-0.05, 0) is 43.9 Å². The molecule has 0 bridgehead atoms. The molecule has 1 aromatic carbocycles. The minimum Gasteiger partial charge on any atom is -0.361 e. The van der Waals surface area contributed by atoms with E-state index in [9.17, 15) is 14.4 Å². The molecule has 2 N–H and O–H groups in total. The molecule has 1 fully saturated rings. The molecule has 1 aliphatic carbocycles. The third-order valence-corrected chi connectivity index (χ3v) is 7.70. The van der Waals surface area contributed by atoms with Crippen molar-refractivity contribution in [3.05, 3.63) is 48.2 Å². The van der Waals surface area contributed by atoms with E-state index in [-0.39, 0.29) is 35.2 Å². The maximum atomic E-state index is 13.7. The number of imide groups is 1. The van der Waals surface area contributed by atoms with Crippen LogP contribution in [0.1, 0.15) is 37.3 Å². The second-order valence-electron chi connectivity index (χ2n) is 8.92. The summed E-state index contributed by atoms with van der Waals surface area (Å²) in [5, 5.41) is 4.04. The number of aromatic nitrogens is 1. The number of piperidine rings is 1. The number of nitrogens with one attached hydrogen (secondary N) is 2. The fraction of sp³-hybridized carbons (Fsp3) is 0.480. The fourth-order valence-electron chi connectivity index (χ4n) is 5.32. The van der Waals surface area contributed by atoms with Gasteiger partial charge in [0.1, 0.15) is 5.78 Å². The smallest absolute Gasteiger partial charge is 0.324 e. The van der Waals surface area contributed by atoms with Crippen molar-refractivity contribution in [1.82, 2.24) is 20.1 Å². The molecule has 7 nitrogen and oxygen atoms in total. The van der Waals surface area contributed by atoms with Crippen LogP contribution in [0.2, 0.25) is 0 Å². The zero-order valence-electron chi connectivity index (χ0n) is 19.3. The summed E-state index contributed by atoms with van der Waals surface area (Å²) in [5.74, 6) is 0.214. The second kappa shape index (κ2) is 10.1. The van der Waals surface area contributed by atoms with Gasteiger partial charge in [-0.1, -0.05) is 18.2 Å². The Bertz CT molecular complexity index is 1070. The largest absolute Gasteiger partial charge is 0.361 e. The minimum atomic E-state index is -0.394. The molecule has 0 spiro atoms. The molecule has 8 heteroatoms. The van der Waals surface area contributed by atoms with E-state index >= 15 is 0 Å². The number of hydrogen-bond acceptors (Lipinski definition) is 5. The number of carbonyl (C=O) groups is 3. The van der Waals surface area contributed by atoms with Gasteiger partial charge in [0, 0.05) is 48.7 Å². The molecule has 1 aromatic heterocycles. The van der Waals surface area contributed by atoms with Gasteiger partial charge in [-0.2, -0.15) is 0 Å². The summed E-state index contributed by atoms with van der Waals surface area (Å²) in [4.78, 5) is 44.8. The minimum absolute atomic E-state index is 0.0265. The average Bonchev–Trinajstić information content (AvgIpc) is 3.21. The summed E-state index contributed by atoms with van der Waals surface area (Å²) < 4.78 is 0. The number of Topliss-reactive ketones (excluding diaryl/α,β-unsaturated/α-hetero) is 1. The Hall–Kier alpha value is -2.58. The van der Waals surface area contributed by atoms with Gasteiger partial charge in [0.15, 0.2) is 0 Å². The number of hydrogen-bond donors (Lipinski definition) is 2. The third-order valence-electron chi connectivity index (χ3n) is 6.65. The van der Waals surface area contributed by atoms with E-state index in [0.717, 1.165) is 11.9 Å². The van der Waals surface area contributed by atoms with E-state index in [4.69, 9.17) is 0 Å². The van der Waals surface area contributed by atoms with Crippen LogP contribution < -0.4 is 5.32 Å². The highest BCUT2D eigenvalue weighted by molar-refractivity contribution is 7.99. The molecule has 2 heterocycles. The molecule has 2 aromatic rings. The summed E-state index contributed by atoms with van der Waals surface area (Å²) in [6.07, 6.45) is 5.64. The number of ketones is 1. The molecular formula is C25H32N4O3S. The van der Waals surface area contributed by atoms with Gasteiger partial charge in [0.05, 0.1) is 17.5 Å². The second-order valence-corrected chi connectivity index (χ2v) is 9.87. The van der Waals surface area contributed by atoms with E-state index < -0.39 is 6.03 Å². The van der Waals surface area contributed by atoms with Gasteiger partial charge < -0.3 is 10.3 Å². The monoisotopic (exact) mass is 468 g/mol. The van der Waals surface area contributed by atoms with Gasteiger partial charge in [-0.15, -0.1) is 18.3 Å². The van der Waals surface area contributed by atoms with E-state index in [2.05, 4.69) is 46.2 Å². The van der Waals surface area contributed by atoms with Crippen molar-refractivity contribution in [2.75, 3.05) is 31.3 Å². The molecule has 176 valence electrons. The predicted octanol–water partition coefficient (Wildman–Crippen LogP) is 3.52. The molecule has 1 unspecified atom stereocenters. The zero-order chi connectivity index (χ0) is 23.5. The third kappa shape index (κ3) is 4.73. The number of urea groups is 1. The van der Waals surface area contributed by atoms with Crippen molar-refractivity contribution in [2.24, 2.45) is 5.92 Å². The normalized spacial score (nSPS) is 21.9. The quantitative estimate of drug-likeness (QED) is 0.457. The van der Waals surface area contributed by atoms with Gasteiger partial charge in [0.25, 0.3) is 0 Å². The number of likely N-dealkylation sites (tertiary alicyclic amines) is 1. The number of aromatic amines is 1. The van der Waals surface area contributed by atoms with Crippen molar-refractivity contribution in [1.29, 1.82) is 0 Å². The molecule has 3 amide bonds. The summed E-state index contributed by atoms with van der Waals surface area (Å²) in [7, 11) is 0. The number of thioether (sulfide) groups is 1. The number of carbonyl (C=O) groups excluding carboxylic acids is 3. The fourth-order valence-corrected chi connectivity index (χ4v) is 6.13. The number of nitrogens with zero attached hydrogens (tertiary/aromatic N) is 2. The standard InChI is InChI=1S/C25H32N4O3S/c1-4-9-28-13-18(24(31)29(25(32)26-5-2)15-33-14-16(3)30)10-20-19-7-6-8-21-23(19)17(12-27-21)11-22(20)28/h4,6-8,12,18,20,22,27H,1,5,9-11,13-15H2,2-3H3,(H,26,32)/t18-,20?,22-/m1/s1. The van der Waals surface area contributed by atoms with Crippen LogP contribution in [0, 0.1) is 5.92 Å². The van der Waals surface area contributed by atoms with Gasteiger partial charge in [-0.25, -0.2) is 4.79 Å². The Morgan fingerprint density at radius 1 is 1.36 bits per heavy atom. The molecular weight excluding hydrogens is 436 g/mol. The summed E-state index contributed by atoms with van der Waals surface area (Å²) >= 11 is 1.30. The van der Waals surface area contributed by atoms with Crippen LogP contribution in [0.15, 0.2) is 37.1 Å². The number of fused-ring (bicyclic) bond motifs is 2. The molecule has 33 heavy (non-hydrogen) atoms. The first-order valence-corrected chi connectivity index (χ1v) is 12.7. The lowest BCUT2D eigenvalue weighted by molar-refractivity contribution is -0.134. The average molecular weight is 469 g/mol. The van der Waals surface area contributed by atoms with Crippen molar-refractivity contribution in [3.63, 3.8) is 0 Å². The Labute approximate surface area is 199 Å². The Balaban J connectivity index is 1.62. The van der Waals surface area contributed by atoms with Crippen LogP contribution in [0.25, 0.3) is 10.9 Å². The first kappa shape index (κ1) is 23.6. The zero-order valence-corrected chi connectivity index (χ0v) is 20.1. The summed E-state index contributed by atoms with van der Waals surface area (Å²) in [6.45, 7) is 9.01. The first-order valence-electron chi connectivity index (χ1n) is 11.5. The lowest BCUT2D eigenvalue weighted by Gasteiger charge is -2.47. The molecule has 1 saturated heterocycles. The van der Waals surface area contributed by atoms with Crippen molar-refractivity contribution >= 4 is 40.4 Å².